The van der Waals surface area contributed by atoms with Gasteiger partial charge < -0.3 is 5.32 Å². The summed E-state index contributed by atoms with van der Waals surface area (Å²) in [6, 6.07) is 33.4. The van der Waals surface area contributed by atoms with Crippen LogP contribution in [0.5, 0.6) is 0 Å². The summed E-state index contributed by atoms with van der Waals surface area (Å²) >= 11 is 0. The van der Waals surface area contributed by atoms with Gasteiger partial charge in [0.05, 0.1) is 51.9 Å². The molecule has 10 heterocycles. The number of benzene rings is 6. The maximum atomic E-state index is 13.1. The number of carbonyl (C=O) groups excluding carboxylic acids is 5. The van der Waals surface area contributed by atoms with Gasteiger partial charge in [-0.2, -0.15) is 65.9 Å². The van der Waals surface area contributed by atoms with Crippen LogP contribution in [0.1, 0.15) is 104 Å². The second-order valence-electron chi connectivity index (χ2n) is 33.2. The lowest BCUT2D eigenvalue weighted by molar-refractivity contribution is -0.138. The monoisotopic (exact) mass is 2060 g/mol. The highest BCUT2D eigenvalue weighted by molar-refractivity contribution is 5.92. The highest BCUT2D eigenvalue weighted by Crippen LogP contribution is 2.38. The summed E-state index contributed by atoms with van der Waals surface area (Å²) in [4.78, 5) is 102. The number of alkyl halides is 15. The third-order valence-corrected chi connectivity index (χ3v) is 20.9. The summed E-state index contributed by atoms with van der Waals surface area (Å²) in [5.41, 5.74) is 18.9. The first kappa shape index (κ1) is 110. The first-order chi connectivity index (χ1) is 70.3. The molecule has 2 saturated heterocycles. The van der Waals surface area contributed by atoms with Gasteiger partial charge in [-0.1, -0.05) is 43.2 Å². The van der Waals surface area contributed by atoms with E-state index < -0.39 is 76.4 Å². The van der Waals surface area contributed by atoms with Crippen molar-refractivity contribution in [1.29, 1.82) is 0 Å². The van der Waals surface area contributed by atoms with Crippen LogP contribution in [0.25, 0.3) is 87.9 Å². The van der Waals surface area contributed by atoms with Gasteiger partial charge in [0.15, 0.2) is 29.1 Å². The number of piperazine rings is 1. The third kappa shape index (κ3) is 35.1. The van der Waals surface area contributed by atoms with E-state index in [-0.39, 0.29) is 75.3 Å². The lowest BCUT2D eigenvalue weighted by Gasteiger charge is -2.34. The number of rotatable bonds is 25. The van der Waals surface area contributed by atoms with Crippen molar-refractivity contribution in [3.8, 4) is 56.9 Å². The number of hydrogen-bond donors (Lipinski definition) is 7. The van der Waals surface area contributed by atoms with E-state index in [1.165, 1.54) is 153 Å². The highest BCUT2D eigenvalue weighted by atomic mass is 19.4. The van der Waals surface area contributed by atoms with Crippen molar-refractivity contribution < 1.29 is 89.8 Å². The van der Waals surface area contributed by atoms with Gasteiger partial charge in [-0.05, 0) is 198 Å². The second kappa shape index (κ2) is 50.4. The summed E-state index contributed by atoms with van der Waals surface area (Å²) in [6.45, 7) is 17.2. The maximum Gasteiger partial charge on any atom is 0.416 e. The van der Waals surface area contributed by atoms with Crippen molar-refractivity contribution in [2.24, 2.45) is 0 Å². The number of aromatic nitrogens is 20. The lowest BCUT2D eigenvalue weighted by atomic mass is 10.1. The molecular weight excluding hydrogens is 1960 g/mol. The summed E-state index contributed by atoms with van der Waals surface area (Å²) in [5, 5.41) is 26.9. The number of nitrogens with zero attached hydrogens (tertiary/aromatic N) is 23. The minimum atomic E-state index is -4.46. The molecule has 16 rings (SSSR count). The van der Waals surface area contributed by atoms with Gasteiger partial charge in [-0.3, -0.25) is 76.4 Å². The number of hydrogen-bond acceptors (Lipinski definition) is 25. The molecule has 7 N–H and O–H groups in total. The van der Waals surface area contributed by atoms with Crippen molar-refractivity contribution >= 4 is 72.0 Å². The van der Waals surface area contributed by atoms with E-state index in [1.54, 1.807) is 109 Å². The average molecular weight is 2060 g/mol. The molecule has 50 heteroatoms. The number of amides is 5. The van der Waals surface area contributed by atoms with Crippen LogP contribution in [0.2, 0.25) is 0 Å². The van der Waals surface area contributed by atoms with Gasteiger partial charge in [-0.15, -0.1) is 25.5 Å². The fourth-order valence-corrected chi connectivity index (χ4v) is 14.1. The van der Waals surface area contributed by atoms with E-state index in [0.29, 0.717) is 63.9 Å². The summed E-state index contributed by atoms with van der Waals surface area (Å²) in [5.74, 6) is -0.283. The molecule has 6 aromatic carbocycles. The standard InChI is InChI=1S/C24H25F3N6O.C19H18F3N7O.C19H22F3N5O.2C18H15F3N6O/c1-18-13-20(15-21(14-18)24(25,26)27)23-28-17-33(30-23)8-7-22(34)29-32-11-9-31(10-12-32)16-19-5-3-2-4-6-19;1-11-6-14(9-15(7-11)19(20,21)22)18-23-10-29(28-18)5-4-17(30)27-26-16-8-12(2)24-13(3)25-16;1-14-10-15(12-16(11-14)19(20,21)22)18-23-13-27(25-18)9-6-17(28)24-26-7-4-2-3-5-8-26;1-12-8-13(10-14(9-12)18(19,20)21)17-23-11-27(26-17)7-4-16(28)25-24-15-2-5-22-6-3-15;1-12-6-13(8-14(7-12)18(19,20)21)17-25-11-27(26-17)5-2-16(28)24-10-15-9-22-3-4-23-15/h2-8,13-15,17H,9-12,16H2,1H3,(H,29,34);4-10H,1-3H3,(H,27,30)(H,24,25,26);6,9-13H,2-5,7-8H2,1H3,(H,24,28);2-11H,1H3,(H,22,24)(H,25,28);2-9,11H,10H2,1H3,(H,24,28)/b8-7-;5-4-;9-6-;7-4-;5-2+. The van der Waals surface area contributed by atoms with Gasteiger partial charge in [0, 0.05) is 172 Å². The molecule has 5 amide bonds. The molecule has 0 unspecified atom stereocenters. The Balaban J connectivity index is 0.000000165. The molecule has 0 aliphatic carbocycles. The van der Waals surface area contributed by atoms with Crippen LogP contribution in [0.15, 0.2) is 233 Å². The van der Waals surface area contributed by atoms with Crippen molar-refractivity contribution in [2.45, 2.75) is 118 Å². The highest BCUT2D eigenvalue weighted by Gasteiger charge is 2.36. The quantitative estimate of drug-likeness (QED) is 0.0159. The van der Waals surface area contributed by atoms with Crippen LogP contribution >= 0.6 is 0 Å². The predicted molar refractivity (Wildman–Crippen MR) is 515 cm³/mol. The lowest BCUT2D eigenvalue weighted by Crippen LogP contribution is -2.52. The normalized spacial score (nSPS) is 13.4. The minimum Gasteiger partial charge on any atom is -0.347 e. The summed E-state index contributed by atoms with van der Waals surface area (Å²) in [6.07, 6.45) is 9.55. The fourth-order valence-electron chi connectivity index (χ4n) is 14.1. The zero-order valence-electron chi connectivity index (χ0n) is 79.8. The van der Waals surface area contributed by atoms with E-state index in [0.717, 1.165) is 112 Å². The van der Waals surface area contributed by atoms with E-state index in [4.69, 9.17) is 0 Å². The molecule has 2 aliphatic heterocycles. The van der Waals surface area contributed by atoms with Gasteiger partial charge in [0.25, 0.3) is 23.6 Å². The zero-order valence-corrected chi connectivity index (χ0v) is 79.8. The van der Waals surface area contributed by atoms with Crippen LogP contribution < -0.4 is 37.9 Å². The van der Waals surface area contributed by atoms with Crippen LogP contribution in [0.4, 0.5) is 77.4 Å². The summed E-state index contributed by atoms with van der Waals surface area (Å²) in [7, 11) is 0. The van der Waals surface area contributed by atoms with Crippen LogP contribution in [0.3, 0.4) is 0 Å². The first-order valence-electron chi connectivity index (χ1n) is 45.0. The molecule has 772 valence electrons. The molecule has 0 bridgehead atoms. The van der Waals surface area contributed by atoms with Gasteiger partial charge in [0.2, 0.25) is 5.91 Å². The topological polar surface area (TPSA) is 397 Å². The van der Waals surface area contributed by atoms with Gasteiger partial charge >= 0.3 is 30.9 Å². The molecule has 0 atom stereocenters. The van der Waals surface area contributed by atoms with Crippen LogP contribution in [0, 0.1) is 48.5 Å². The predicted octanol–water partition coefficient (Wildman–Crippen LogP) is 16.7. The van der Waals surface area contributed by atoms with E-state index in [9.17, 15) is 89.8 Å². The smallest absolute Gasteiger partial charge is 0.347 e. The molecule has 14 aromatic rings. The zero-order chi connectivity index (χ0) is 106. The van der Waals surface area contributed by atoms with Crippen molar-refractivity contribution in [3.05, 3.63) is 311 Å². The molecule has 2 fully saturated rings. The number of carbonyl (C=O) groups is 5. The second-order valence-corrected chi connectivity index (χ2v) is 33.2. The SMILES string of the molecule is Cc1cc(-c2ncn(/C=C/C(=O)NCc3cnccn3)n2)cc(C(F)(F)F)c1.Cc1cc(-c2ncn(/C=C\C(=O)NN3CCCCCC3)n2)cc(C(F)(F)F)c1.Cc1cc(-c2ncn(/C=C\C(=O)NN3CCN(Cc4ccccc4)CC3)n2)cc(C(F)(F)F)c1.Cc1cc(-c2ncn(/C=C\C(=O)NNc3cc(C)nc(C)n3)n2)cc(C(F)(F)F)c1.Cc1cc(-c2ncn(/C=C\C(=O)NNc3ccncc3)n2)cc(C(F)(F)F)c1. The van der Waals surface area contributed by atoms with Crippen LogP contribution in [-0.4, -0.2) is 182 Å². The molecule has 148 heavy (non-hydrogen) atoms. The summed E-state index contributed by atoms with van der Waals surface area (Å²) < 4.78 is 201. The van der Waals surface area contributed by atoms with E-state index >= 15 is 0 Å². The van der Waals surface area contributed by atoms with E-state index in [2.05, 4.69) is 130 Å². The largest absolute Gasteiger partial charge is 0.416 e. The number of hydrazine groups is 4. The molecule has 35 nitrogen and oxygen atoms in total. The Bertz CT molecular complexity index is 6840. The Labute approximate surface area is 835 Å². The number of aryl methyl sites for hydroxylation is 7. The number of anilines is 2. The molecule has 0 saturated carbocycles. The maximum absolute atomic E-state index is 13.1. The minimum absolute atomic E-state index is 0.110. The third-order valence-electron chi connectivity index (χ3n) is 20.9. The van der Waals surface area contributed by atoms with Crippen LogP contribution in [-0.2, 0) is 67.9 Å². The average Bonchev–Trinajstić information content (AvgIpc) is 1.36. The molecule has 0 spiro atoms. The number of halogens is 15. The van der Waals surface area contributed by atoms with Gasteiger partial charge in [-0.25, -0.2) is 68.3 Å². The molecule has 0 radical (unpaired) electrons. The molecular formula is C98H95F15N30O5. The first-order valence-corrected chi connectivity index (χ1v) is 45.0. The Morgan fingerprint density at radius 3 is 1.03 bits per heavy atom. The van der Waals surface area contributed by atoms with Crippen molar-refractivity contribution in [1.82, 2.24) is 141 Å². The van der Waals surface area contributed by atoms with E-state index in [1.807, 2.05) is 28.2 Å². The fraction of sp³-hybridized carbons (Fsp3) is 0.245. The Kier molecular flexibility index (Phi) is 37.3. The molecule has 2 aliphatic rings. The van der Waals surface area contributed by atoms with Gasteiger partial charge in [0.1, 0.15) is 43.3 Å². The Morgan fingerprint density at radius 1 is 0.345 bits per heavy atom. The van der Waals surface area contributed by atoms with Crippen molar-refractivity contribution in [2.75, 3.05) is 50.1 Å². The van der Waals surface area contributed by atoms with Crippen molar-refractivity contribution in [3.63, 3.8) is 0 Å². The Morgan fingerprint density at radius 2 is 0.689 bits per heavy atom. The number of nitrogens with one attached hydrogen (secondary N) is 7. The number of pyridine rings is 1. The Hall–Kier alpha value is -17.2. The molecule has 8 aromatic heterocycles.